The molecular weight excluding hydrogens is 214 g/mol. The van der Waals surface area contributed by atoms with Gasteiger partial charge in [0, 0.05) is 20.6 Å². The molecule has 1 amide bonds. The first-order chi connectivity index (χ1) is 8.08. The van der Waals surface area contributed by atoms with Gasteiger partial charge in [0.15, 0.2) is 0 Å². The van der Waals surface area contributed by atoms with E-state index >= 15 is 0 Å². The third-order valence-electron chi connectivity index (χ3n) is 4.26. The molecule has 2 N–H and O–H groups in total. The number of hydrogen-bond acceptors (Lipinski definition) is 3. The van der Waals surface area contributed by atoms with E-state index < -0.39 is 0 Å². The lowest BCUT2D eigenvalue weighted by Crippen LogP contribution is -2.45. The van der Waals surface area contributed by atoms with E-state index in [0.717, 1.165) is 38.9 Å². The lowest BCUT2D eigenvalue weighted by molar-refractivity contribution is -0.133. The molecule has 1 saturated carbocycles. The van der Waals surface area contributed by atoms with Crippen LogP contribution < -0.4 is 5.73 Å². The first kappa shape index (κ1) is 12.8. The molecule has 98 valence electrons. The van der Waals surface area contributed by atoms with Crippen molar-refractivity contribution in [1.82, 2.24) is 9.80 Å². The van der Waals surface area contributed by atoms with E-state index in [9.17, 15) is 4.79 Å². The predicted molar refractivity (Wildman–Crippen MR) is 68.6 cm³/mol. The molecule has 0 aromatic rings. The third kappa shape index (κ3) is 2.80. The number of hydrogen-bond donors (Lipinski definition) is 1. The lowest BCUT2D eigenvalue weighted by Gasteiger charge is -2.29. The number of carbonyl (C=O) groups excluding carboxylic acids is 1. The van der Waals surface area contributed by atoms with Gasteiger partial charge in [-0.15, -0.1) is 0 Å². The van der Waals surface area contributed by atoms with Gasteiger partial charge in [0.2, 0.25) is 5.91 Å². The number of likely N-dealkylation sites (N-methyl/N-ethyl adjacent to an activating group) is 1. The van der Waals surface area contributed by atoms with Crippen LogP contribution in [0.15, 0.2) is 0 Å². The van der Waals surface area contributed by atoms with Crippen LogP contribution in [-0.2, 0) is 4.79 Å². The van der Waals surface area contributed by atoms with Gasteiger partial charge in [-0.05, 0) is 50.6 Å². The molecule has 0 aromatic carbocycles. The molecule has 4 nitrogen and oxygen atoms in total. The fraction of sp³-hybridized carbons (Fsp3) is 0.923. The first-order valence-electron chi connectivity index (χ1n) is 6.73. The van der Waals surface area contributed by atoms with Crippen LogP contribution in [-0.4, -0.2) is 55.5 Å². The molecule has 1 unspecified atom stereocenters. The van der Waals surface area contributed by atoms with Gasteiger partial charge < -0.3 is 10.6 Å². The molecule has 0 spiro atoms. The van der Waals surface area contributed by atoms with Gasteiger partial charge in [-0.1, -0.05) is 0 Å². The molecule has 1 saturated heterocycles. The van der Waals surface area contributed by atoms with Crippen molar-refractivity contribution < 1.29 is 4.79 Å². The van der Waals surface area contributed by atoms with Crippen molar-refractivity contribution in [2.75, 3.05) is 33.7 Å². The Kier molecular flexibility index (Phi) is 3.73. The van der Waals surface area contributed by atoms with Crippen molar-refractivity contribution in [3.63, 3.8) is 0 Å². The number of amides is 1. The minimum Gasteiger partial charge on any atom is -0.347 e. The summed E-state index contributed by atoms with van der Waals surface area (Å²) in [5.41, 5.74) is 6.13. The molecule has 2 aliphatic rings. The molecule has 2 fully saturated rings. The SMILES string of the molecule is CN(C)C(=O)C1CCCN1CC1(CCN)CC1. The average molecular weight is 239 g/mol. The fourth-order valence-electron chi connectivity index (χ4n) is 2.99. The Labute approximate surface area is 104 Å². The Morgan fingerprint density at radius 2 is 2.18 bits per heavy atom. The maximum absolute atomic E-state index is 12.1. The van der Waals surface area contributed by atoms with Crippen molar-refractivity contribution in [2.45, 2.75) is 38.1 Å². The summed E-state index contributed by atoms with van der Waals surface area (Å²) in [5, 5.41) is 0. The number of nitrogens with zero attached hydrogens (tertiary/aromatic N) is 2. The number of likely N-dealkylation sites (tertiary alicyclic amines) is 1. The van der Waals surface area contributed by atoms with Gasteiger partial charge in [0.1, 0.15) is 0 Å². The Morgan fingerprint density at radius 1 is 1.47 bits per heavy atom. The van der Waals surface area contributed by atoms with Crippen molar-refractivity contribution >= 4 is 5.91 Å². The van der Waals surface area contributed by atoms with E-state index in [2.05, 4.69) is 4.90 Å². The zero-order valence-electron chi connectivity index (χ0n) is 11.1. The van der Waals surface area contributed by atoms with E-state index in [1.807, 2.05) is 14.1 Å². The second-order valence-electron chi connectivity index (χ2n) is 5.90. The Bertz CT molecular complexity index is 286. The number of rotatable bonds is 5. The van der Waals surface area contributed by atoms with E-state index in [-0.39, 0.29) is 11.9 Å². The van der Waals surface area contributed by atoms with E-state index in [0.29, 0.717) is 5.41 Å². The van der Waals surface area contributed by atoms with Gasteiger partial charge >= 0.3 is 0 Å². The second kappa shape index (κ2) is 4.94. The molecule has 0 aromatic heterocycles. The topological polar surface area (TPSA) is 49.6 Å². The summed E-state index contributed by atoms with van der Waals surface area (Å²) in [7, 11) is 3.71. The highest BCUT2D eigenvalue weighted by atomic mass is 16.2. The van der Waals surface area contributed by atoms with E-state index in [1.165, 1.54) is 12.8 Å². The van der Waals surface area contributed by atoms with Crippen LogP contribution in [0.3, 0.4) is 0 Å². The molecular formula is C13H25N3O. The molecule has 1 heterocycles. The highest BCUT2D eigenvalue weighted by molar-refractivity contribution is 5.81. The van der Waals surface area contributed by atoms with Gasteiger partial charge in [0.25, 0.3) is 0 Å². The number of nitrogens with two attached hydrogens (primary N) is 1. The minimum atomic E-state index is 0.125. The smallest absolute Gasteiger partial charge is 0.239 e. The molecule has 17 heavy (non-hydrogen) atoms. The van der Waals surface area contributed by atoms with Gasteiger partial charge in [-0.25, -0.2) is 0 Å². The van der Waals surface area contributed by atoms with Crippen LogP contribution in [0.5, 0.6) is 0 Å². The van der Waals surface area contributed by atoms with Crippen molar-refractivity contribution in [3.8, 4) is 0 Å². The standard InChI is InChI=1S/C13H25N3O/c1-15(2)12(17)11-4-3-9-16(11)10-13(5-6-13)7-8-14/h11H,3-10,14H2,1-2H3. The Balaban J connectivity index is 1.93. The second-order valence-corrected chi connectivity index (χ2v) is 5.90. The fourth-order valence-corrected chi connectivity index (χ4v) is 2.99. The lowest BCUT2D eigenvalue weighted by atomic mass is 10.0. The summed E-state index contributed by atoms with van der Waals surface area (Å²) in [4.78, 5) is 16.2. The molecule has 4 heteroatoms. The zero-order chi connectivity index (χ0) is 12.5. The van der Waals surface area contributed by atoms with Crippen molar-refractivity contribution in [2.24, 2.45) is 11.1 Å². The largest absolute Gasteiger partial charge is 0.347 e. The summed E-state index contributed by atoms with van der Waals surface area (Å²) in [5.74, 6) is 0.269. The van der Waals surface area contributed by atoms with Crippen LogP contribution in [0.25, 0.3) is 0 Å². The van der Waals surface area contributed by atoms with Crippen LogP contribution in [0, 0.1) is 5.41 Å². The highest BCUT2D eigenvalue weighted by Gasteiger charge is 2.45. The maximum atomic E-state index is 12.1. The zero-order valence-corrected chi connectivity index (χ0v) is 11.1. The molecule has 0 radical (unpaired) electrons. The van der Waals surface area contributed by atoms with Crippen molar-refractivity contribution in [1.29, 1.82) is 0 Å². The summed E-state index contributed by atoms with van der Waals surface area (Å²) >= 11 is 0. The quantitative estimate of drug-likeness (QED) is 0.767. The molecule has 1 aliphatic carbocycles. The summed E-state index contributed by atoms with van der Waals surface area (Å²) < 4.78 is 0. The van der Waals surface area contributed by atoms with Crippen LogP contribution in [0.1, 0.15) is 32.1 Å². The normalized spacial score (nSPS) is 27.1. The van der Waals surface area contributed by atoms with Crippen LogP contribution in [0.2, 0.25) is 0 Å². The maximum Gasteiger partial charge on any atom is 0.239 e. The monoisotopic (exact) mass is 239 g/mol. The molecule has 1 aliphatic heterocycles. The van der Waals surface area contributed by atoms with E-state index in [4.69, 9.17) is 5.73 Å². The highest BCUT2D eigenvalue weighted by Crippen LogP contribution is 2.49. The van der Waals surface area contributed by atoms with Gasteiger partial charge in [-0.2, -0.15) is 0 Å². The summed E-state index contributed by atoms with van der Waals surface area (Å²) in [6, 6.07) is 0.125. The van der Waals surface area contributed by atoms with E-state index in [1.54, 1.807) is 4.90 Å². The molecule has 2 rings (SSSR count). The van der Waals surface area contributed by atoms with Gasteiger partial charge in [-0.3, -0.25) is 9.69 Å². The van der Waals surface area contributed by atoms with Crippen molar-refractivity contribution in [3.05, 3.63) is 0 Å². The Hall–Kier alpha value is -0.610. The molecule has 0 bridgehead atoms. The Morgan fingerprint density at radius 3 is 2.71 bits per heavy atom. The number of carbonyl (C=O) groups is 1. The van der Waals surface area contributed by atoms with Gasteiger partial charge in [0.05, 0.1) is 6.04 Å². The molecule has 1 atom stereocenters. The van der Waals surface area contributed by atoms with Crippen LogP contribution >= 0.6 is 0 Å². The summed E-state index contributed by atoms with van der Waals surface area (Å²) in [6.45, 7) is 2.94. The predicted octanol–water partition coefficient (Wildman–Crippen LogP) is 0.668. The summed E-state index contributed by atoms with van der Waals surface area (Å²) in [6.07, 6.45) is 5.89. The third-order valence-corrected chi connectivity index (χ3v) is 4.26. The van der Waals surface area contributed by atoms with Crippen LogP contribution in [0.4, 0.5) is 0 Å². The average Bonchev–Trinajstić information content (AvgIpc) is 2.88. The minimum absolute atomic E-state index is 0.125. The first-order valence-corrected chi connectivity index (χ1v) is 6.73.